The Morgan fingerprint density at radius 2 is 1.59 bits per heavy atom. The fourth-order valence-corrected chi connectivity index (χ4v) is 3.45. The van der Waals surface area contributed by atoms with Gasteiger partial charge in [-0.05, 0) is 37.8 Å². The highest BCUT2D eigenvalue weighted by Gasteiger charge is 2.70. The Bertz CT molecular complexity index is 502. The van der Waals surface area contributed by atoms with Crippen molar-refractivity contribution in [2.75, 3.05) is 7.11 Å². The van der Waals surface area contributed by atoms with Gasteiger partial charge in [-0.15, -0.1) is 0 Å². The normalized spacial score (nSPS) is 23.9. The van der Waals surface area contributed by atoms with Crippen molar-refractivity contribution in [1.82, 2.24) is 0 Å². The monoisotopic (exact) mass is 308 g/mol. The van der Waals surface area contributed by atoms with Crippen molar-refractivity contribution in [3.63, 3.8) is 0 Å². The predicted octanol–water partition coefficient (Wildman–Crippen LogP) is 4.29. The number of benzene rings is 1. The molecule has 1 atom stereocenters. The average molecular weight is 308 g/mol. The molecule has 2 rings (SSSR count). The van der Waals surface area contributed by atoms with E-state index in [1.165, 1.54) is 0 Å². The quantitative estimate of drug-likeness (QED) is 0.735. The minimum Gasteiger partial charge on any atom is -0.497 e. The standard InChI is InChI=1S/C18H28O4/c1-12(2)17(13(3)4)18(22-21-17,20-14(5)6)15-9-8-10-16(11-15)19-7/h8-14H,1-7H3. The van der Waals surface area contributed by atoms with Crippen LogP contribution in [-0.4, -0.2) is 18.8 Å². The van der Waals surface area contributed by atoms with Crippen LogP contribution in [-0.2, 0) is 20.3 Å². The molecule has 0 aliphatic carbocycles. The lowest BCUT2D eigenvalue weighted by Crippen LogP contribution is -2.71. The van der Waals surface area contributed by atoms with Crippen molar-refractivity contribution in [1.29, 1.82) is 0 Å². The first kappa shape index (κ1) is 17.3. The van der Waals surface area contributed by atoms with Crippen LogP contribution < -0.4 is 4.74 Å². The van der Waals surface area contributed by atoms with Gasteiger partial charge >= 0.3 is 0 Å². The number of hydrogen-bond acceptors (Lipinski definition) is 4. The first-order valence-corrected chi connectivity index (χ1v) is 7.99. The molecule has 0 N–H and O–H groups in total. The second-order valence-electron chi connectivity index (χ2n) is 6.78. The number of rotatable bonds is 6. The topological polar surface area (TPSA) is 36.9 Å². The van der Waals surface area contributed by atoms with Crippen LogP contribution in [0.5, 0.6) is 5.75 Å². The summed E-state index contributed by atoms with van der Waals surface area (Å²) in [4.78, 5) is 11.4. The van der Waals surface area contributed by atoms with Crippen LogP contribution in [0.2, 0.25) is 0 Å². The maximum absolute atomic E-state index is 6.30. The molecule has 1 saturated heterocycles. The second kappa shape index (κ2) is 6.19. The fourth-order valence-electron chi connectivity index (χ4n) is 3.45. The van der Waals surface area contributed by atoms with Gasteiger partial charge in [0.25, 0.3) is 5.79 Å². The van der Waals surface area contributed by atoms with Gasteiger partial charge < -0.3 is 9.47 Å². The van der Waals surface area contributed by atoms with Crippen LogP contribution in [0.3, 0.4) is 0 Å². The second-order valence-corrected chi connectivity index (χ2v) is 6.78. The Morgan fingerprint density at radius 1 is 0.955 bits per heavy atom. The molecule has 22 heavy (non-hydrogen) atoms. The zero-order chi connectivity index (χ0) is 16.5. The minimum atomic E-state index is -0.919. The van der Waals surface area contributed by atoms with Crippen LogP contribution in [0.15, 0.2) is 24.3 Å². The third kappa shape index (κ3) is 2.43. The summed E-state index contributed by atoms with van der Waals surface area (Å²) in [6.07, 6.45) is 0.00646. The summed E-state index contributed by atoms with van der Waals surface area (Å²) in [7, 11) is 1.66. The minimum absolute atomic E-state index is 0.00646. The molecule has 1 aliphatic heterocycles. The van der Waals surface area contributed by atoms with E-state index in [9.17, 15) is 0 Å². The highest BCUT2D eigenvalue weighted by atomic mass is 17.3. The van der Waals surface area contributed by atoms with Gasteiger partial charge in [-0.3, -0.25) is 0 Å². The lowest BCUT2D eigenvalue weighted by atomic mass is 9.70. The predicted molar refractivity (Wildman–Crippen MR) is 85.5 cm³/mol. The van der Waals surface area contributed by atoms with Gasteiger partial charge in [0.1, 0.15) is 5.75 Å². The van der Waals surface area contributed by atoms with Crippen LogP contribution >= 0.6 is 0 Å². The highest BCUT2D eigenvalue weighted by Crippen LogP contribution is 2.57. The van der Waals surface area contributed by atoms with E-state index in [-0.39, 0.29) is 17.9 Å². The van der Waals surface area contributed by atoms with Crippen LogP contribution in [0, 0.1) is 11.8 Å². The van der Waals surface area contributed by atoms with Crippen molar-refractivity contribution < 1.29 is 19.2 Å². The summed E-state index contributed by atoms with van der Waals surface area (Å²) in [5.41, 5.74) is 0.387. The van der Waals surface area contributed by atoms with Gasteiger partial charge in [-0.1, -0.05) is 39.8 Å². The molecule has 0 bridgehead atoms. The van der Waals surface area contributed by atoms with E-state index in [2.05, 4.69) is 27.7 Å². The molecule has 0 spiro atoms. The van der Waals surface area contributed by atoms with Crippen molar-refractivity contribution in [2.24, 2.45) is 11.8 Å². The first-order valence-electron chi connectivity index (χ1n) is 7.99. The zero-order valence-electron chi connectivity index (χ0n) is 14.7. The summed E-state index contributed by atoms with van der Waals surface area (Å²) in [6, 6.07) is 7.84. The van der Waals surface area contributed by atoms with Gasteiger partial charge in [0.2, 0.25) is 0 Å². The van der Waals surface area contributed by atoms with E-state index in [1.54, 1.807) is 7.11 Å². The molecule has 0 amide bonds. The molecule has 1 unspecified atom stereocenters. The fraction of sp³-hybridized carbons (Fsp3) is 0.667. The SMILES string of the molecule is COc1cccc(C2(OC(C)C)OOC2(C(C)C)C(C)C)c1. The van der Waals surface area contributed by atoms with Crippen molar-refractivity contribution >= 4 is 0 Å². The Balaban J connectivity index is 2.58. The van der Waals surface area contributed by atoms with Gasteiger partial charge in [0.05, 0.1) is 13.2 Å². The molecule has 1 aromatic rings. The average Bonchev–Trinajstić information content (AvgIpc) is 2.42. The molecule has 124 valence electrons. The largest absolute Gasteiger partial charge is 0.497 e. The molecule has 4 nitrogen and oxygen atoms in total. The van der Waals surface area contributed by atoms with Gasteiger partial charge in [0, 0.05) is 5.56 Å². The molecular weight excluding hydrogens is 280 g/mol. The van der Waals surface area contributed by atoms with E-state index in [4.69, 9.17) is 19.2 Å². The molecular formula is C18H28O4. The van der Waals surface area contributed by atoms with Crippen molar-refractivity contribution in [3.8, 4) is 5.75 Å². The number of hydrogen-bond donors (Lipinski definition) is 0. The molecule has 1 aromatic carbocycles. The molecule has 0 radical (unpaired) electrons. The summed E-state index contributed by atoms with van der Waals surface area (Å²) in [6.45, 7) is 12.6. The Hall–Kier alpha value is -1.10. The maximum Gasteiger partial charge on any atom is 0.261 e. The van der Waals surface area contributed by atoms with Crippen LogP contribution in [0.4, 0.5) is 0 Å². The molecule has 4 heteroatoms. The Labute approximate surface area is 133 Å². The first-order chi connectivity index (χ1) is 10.3. The lowest BCUT2D eigenvalue weighted by Gasteiger charge is -2.60. The van der Waals surface area contributed by atoms with Crippen molar-refractivity contribution in [3.05, 3.63) is 29.8 Å². The summed E-state index contributed by atoms with van der Waals surface area (Å²) >= 11 is 0. The molecule has 0 aromatic heterocycles. The molecule has 1 fully saturated rings. The van der Waals surface area contributed by atoms with Crippen molar-refractivity contribution in [2.45, 2.75) is 59.0 Å². The van der Waals surface area contributed by atoms with E-state index in [0.717, 1.165) is 11.3 Å². The van der Waals surface area contributed by atoms with Crippen LogP contribution in [0.1, 0.15) is 47.1 Å². The van der Waals surface area contributed by atoms with Gasteiger partial charge in [0.15, 0.2) is 5.60 Å². The molecule has 1 heterocycles. The highest BCUT2D eigenvalue weighted by molar-refractivity contribution is 5.34. The lowest BCUT2D eigenvalue weighted by molar-refractivity contribution is -0.640. The Kier molecular flexibility index (Phi) is 4.85. The Morgan fingerprint density at radius 3 is 2.00 bits per heavy atom. The van der Waals surface area contributed by atoms with Gasteiger partial charge in [-0.2, -0.15) is 4.89 Å². The third-order valence-electron chi connectivity index (χ3n) is 4.38. The smallest absolute Gasteiger partial charge is 0.261 e. The van der Waals surface area contributed by atoms with E-state index in [0.29, 0.717) is 0 Å². The number of ether oxygens (including phenoxy) is 2. The van der Waals surface area contributed by atoms with Crippen LogP contribution in [0.25, 0.3) is 0 Å². The summed E-state index contributed by atoms with van der Waals surface area (Å²) < 4.78 is 11.7. The molecule has 1 aliphatic rings. The summed E-state index contributed by atoms with van der Waals surface area (Å²) in [5.74, 6) is 0.316. The maximum atomic E-state index is 6.30. The van der Waals surface area contributed by atoms with E-state index < -0.39 is 11.4 Å². The zero-order valence-corrected chi connectivity index (χ0v) is 14.7. The number of methoxy groups -OCH3 is 1. The van der Waals surface area contributed by atoms with E-state index in [1.807, 2.05) is 38.1 Å². The molecule has 0 saturated carbocycles. The summed E-state index contributed by atoms with van der Waals surface area (Å²) in [5, 5.41) is 0. The van der Waals surface area contributed by atoms with E-state index >= 15 is 0 Å². The van der Waals surface area contributed by atoms with Gasteiger partial charge in [-0.25, -0.2) is 4.89 Å². The third-order valence-corrected chi connectivity index (χ3v) is 4.38.